The number of amidine groups is 1. The van der Waals surface area contributed by atoms with Crippen LogP contribution >= 0.6 is 0 Å². The van der Waals surface area contributed by atoms with Gasteiger partial charge in [0.05, 0.1) is 5.54 Å². The molecule has 0 saturated carbocycles. The molecule has 3 N–H and O–H groups in total. The van der Waals surface area contributed by atoms with Crippen LogP contribution in [0.2, 0.25) is 0 Å². The molecule has 18 heavy (non-hydrogen) atoms. The van der Waals surface area contributed by atoms with E-state index < -0.39 is 0 Å². The molecule has 0 amide bonds. The maximum atomic E-state index is 5.58. The Morgan fingerprint density at radius 1 is 1.06 bits per heavy atom. The molecule has 0 aromatic heterocycles. The number of benzene rings is 2. The summed E-state index contributed by atoms with van der Waals surface area (Å²) >= 11 is 0. The van der Waals surface area contributed by atoms with Crippen molar-refractivity contribution >= 4 is 16.6 Å². The van der Waals surface area contributed by atoms with Crippen LogP contribution in [-0.2, 0) is 0 Å². The summed E-state index contributed by atoms with van der Waals surface area (Å²) in [4.78, 5) is 4.58. The van der Waals surface area contributed by atoms with Crippen LogP contribution in [0.5, 0.6) is 0 Å². The second kappa shape index (κ2) is 4.78. The summed E-state index contributed by atoms with van der Waals surface area (Å²) in [5, 5.41) is 2.40. The van der Waals surface area contributed by atoms with Crippen LogP contribution in [0.1, 0.15) is 26.3 Å². The first kappa shape index (κ1) is 12.6. The third kappa shape index (κ3) is 2.87. The largest absolute Gasteiger partial charge is 0.308 e. The highest BCUT2D eigenvalue weighted by atomic mass is 15.3. The Balaban J connectivity index is 2.49. The van der Waals surface area contributed by atoms with Crippen molar-refractivity contribution in [1.82, 2.24) is 5.43 Å². The van der Waals surface area contributed by atoms with Gasteiger partial charge in [0.1, 0.15) is 5.84 Å². The SMILES string of the molecule is CC(C)(C)N=C(NN)c1ccc2ccccc2c1. The highest BCUT2D eigenvalue weighted by molar-refractivity contribution is 6.01. The molecular formula is C15H19N3. The van der Waals surface area contributed by atoms with Gasteiger partial charge < -0.3 is 5.43 Å². The fourth-order valence-electron chi connectivity index (χ4n) is 1.85. The molecule has 94 valence electrons. The molecule has 3 heteroatoms. The molecule has 2 aromatic carbocycles. The molecule has 0 unspecified atom stereocenters. The quantitative estimate of drug-likeness (QED) is 0.349. The molecule has 0 atom stereocenters. The van der Waals surface area contributed by atoms with Crippen LogP contribution in [0.4, 0.5) is 0 Å². The minimum absolute atomic E-state index is 0.159. The first-order valence-electron chi connectivity index (χ1n) is 6.05. The Labute approximate surface area is 108 Å². The summed E-state index contributed by atoms with van der Waals surface area (Å²) < 4.78 is 0. The predicted octanol–water partition coefficient (Wildman–Crippen LogP) is 2.85. The standard InChI is InChI=1S/C15H19N3/c1-15(2,3)17-14(18-16)13-9-8-11-6-4-5-7-12(11)10-13/h4-10H,16H2,1-3H3,(H,17,18). The van der Waals surface area contributed by atoms with Gasteiger partial charge in [-0.3, -0.25) is 4.99 Å². The van der Waals surface area contributed by atoms with E-state index in [2.05, 4.69) is 34.7 Å². The zero-order valence-corrected chi connectivity index (χ0v) is 11.1. The van der Waals surface area contributed by atoms with Gasteiger partial charge in [-0.1, -0.05) is 36.4 Å². The van der Waals surface area contributed by atoms with Crippen LogP contribution < -0.4 is 11.3 Å². The molecule has 0 fully saturated rings. The first-order valence-corrected chi connectivity index (χ1v) is 6.05. The van der Waals surface area contributed by atoms with E-state index >= 15 is 0 Å². The molecular weight excluding hydrogens is 222 g/mol. The van der Waals surface area contributed by atoms with Gasteiger partial charge in [0, 0.05) is 5.56 Å². The van der Waals surface area contributed by atoms with Crippen molar-refractivity contribution in [3.05, 3.63) is 48.0 Å². The lowest BCUT2D eigenvalue weighted by molar-refractivity contribution is 0.580. The second-order valence-corrected chi connectivity index (χ2v) is 5.34. The third-order valence-electron chi connectivity index (χ3n) is 2.61. The zero-order valence-electron chi connectivity index (χ0n) is 11.1. The Hall–Kier alpha value is -1.87. The van der Waals surface area contributed by atoms with Gasteiger partial charge in [0.25, 0.3) is 0 Å². The molecule has 0 heterocycles. The third-order valence-corrected chi connectivity index (χ3v) is 2.61. The van der Waals surface area contributed by atoms with Crippen LogP contribution in [0.15, 0.2) is 47.5 Å². The average Bonchev–Trinajstić information content (AvgIpc) is 2.34. The molecule has 0 saturated heterocycles. The van der Waals surface area contributed by atoms with E-state index in [4.69, 9.17) is 5.84 Å². The molecule has 2 aromatic rings. The van der Waals surface area contributed by atoms with E-state index in [9.17, 15) is 0 Å². The maximum Gasteiger partial charge on any atom is 0.143 e. The molecule has 0 aliphatic rings. The van der Waals surface area contributed by atoms with E-state index in [1.54, 1.807) is 0 Å². The van der Waals surface area contributed by atoms with Gasteiger partial charge in [-0.15, -0.1) is 0 Å². The number of aliphatic imine (C=N–C) groups is 1. The number of hydrogen-bond donors (Lipinski definition) is 2. The van der Waals surface area contributed by atoms with Crippen LogP contribution in [0.25, 0.3) is 10.8 Å². The summed E-state index contributed by atoms with van der Waals surface area (Å²) in [6.07, 6.45) is 0. The minimum Gasteiger partial charge on any atom is -0.308 e. The fourth-order valence-corrected chi connectivity index (χ4v) is 1.85. The lowest BCUT2D eigenvalue weighted by Crippen LogP contribution is -2.33. The number of nitrogens with one attached hydrogen (secondary N) is 1. The highest BCUT2D eigenvalue weighted by Crippen LogP contribution is 2.17. The number of fused-ring (bicyclic) bond motifs is 1. The van der Waals surface area contributed by atoms with Gasteiger partial charge in [-0.25, -0.2) is 5.84 Å². The monoisotopic (exact) mass is 241 g/mol. The summed E-state index contributed by atoms with van der Waals surface area (Å²) in [6, 6.07) is 14.5. The van der Waals surface area contributed by atoms with Crippen molar-refractivity contribution in [2.45, 2.75) is 26.3 Å². The van der Waals surface area contributed by atoms with Crippen molar-refractivity contribution in [3.63, 3.8) is 0 Å². The lowest BCUT2D eigenvalue weighted by Gasteiger charge is -2.16. The normalized spacial score (nSPS) is 12.8. The summed E-state index contributed by atoms with van der Waals surface area (Å²) in [5.41, 5.74) is 3.54. The van der Waals surface area contributed by atoms with E-state index in [0.717, 1.165) is 5.56 Å². The van der Waals surface area contributed by atoms with E-state index in [-0.39, 0.29) is 5.54 Å². The van der Waals surface area contributed by atoms with Crippen molar-refractivity contribution in [1.29, 1.82) is 0 Å². The Kier molecular flexibility index (Phi) is 3.34. The van der Waals surface area contributed by atoms with E-state index in [1.165, 1.54) is 10.8 Å². The van der Waals surface area contributed by atoms with Gasteiger partial charge in [-0.2, -0.15) is 0 Å². The molecule has 0 spiro atoms. The minimum atomic E-state index is -0.159. The van der Waals surface area contributed by atoms with Gasteiger partial charge in [0.2, 0.25) is 0 Å². The van der Waals surface area contributed by atoms with Crippen LogP contribution in [0.3, 0.4) is 0 Å². The molecule has 3 nitrogen and oxygen atoms in total. The van der Waals surface area contributed by atoms with Crippen molar-refractivity contribution < 1.29 is 0 Å². The second-order valence-electron chi connectivity index (χ2n) is 5.34. The van der Waals surface area contributed by atoms with Crippen LogP contribution in [0, 0.1) is 0 Å². The van der Waals surface area contributed by atoms with E-state index in [0.29, 0.717) is 5.84 Å². The molecule has 0 bridgehead atoms. The van der Waals surface area contributed by atoms with Crippen molar-refractivity contribution in [2.24, 2.45) is 10.8 Å². The Morgan fingerprint density at radius 3 is 2.33 bits per heavy atom. The zero-order chi connectivity index (χ0) is 13.2. The predicted molar refractivity (Wildman–Crippen MR) is 77.6 cm³/mol. The van der Waals surface area contributed by atoms with E-state index in [1.807, 2.05) is 39.0 Å². The number of hydrazine groups is 1. The maximum absolute atomic E-state index is 5.58. The summed E-state index contributed by atoms with van der Waals surface area (Å²) in [7, 11) is 0. The van der Waals surface area contributed by atoms with Crippen LogP contribution in [-0.4, -0.2) is 11.4 Å². The molecule has 0 aliphatic carbocycles. The summed E-state index contributed by atoms with van der Waals surface area (Å²) in [6.45, 7) is 6.14. The molecule has 2 rings (SSSR count). The van der Waals surface area contributed by atoms with Crippen molar-refractivity contribution in [2.75, 3.05) is 0 Å². The number of nitrogens with zero attached hydrogens (tertiary/aromatic N) is 1. The summed E-state index contributed by atoms with van der Waals surface area (Å²) in [5.74, 6) is 6.29. The lowest BCUT2D eigenvalue weighted by atomic mass is 10.1. The highest BCUT2D eigenvalue weighted by Gasteiger charge is 2.11. The smallest absolute Gasteiger partial charge is 0.143 e. The molecule has 0 aliphatic heterocycles. The number of hydrogen-bond acceptors (Lipinski definition) is 2. The average molecular weight is 241 g/mol. The topological polar surface area (TPSA) is 50.4 Å². The first-order chi connectivity index (χ1) is 8.49. The van der Waals surface area contributed by atoms with Crippen molar-refractivity contribution in [3.8, 4) is 0 Å². The fraction of sp³-hybridized carbons (Fsp3) is 0.267. The Morgan fingerprint density at radius 2 is 1.72 bits per heavy atom. The van der Waals surface area contributed by atoms with Gasteiger partial charge in [-0.05, 0) is 37.6 Å². The number of nitrogens with two attached hydrogens (primary N) is 1. The number of rotatable bonds is 1. The van der Waals surface area contributed by atoms with Gasteiger partial charge >= 0.3 is 0 Å². The Bertz CT molecular complexity index is 580. The van der Waals surface area contributed by atoms with Gasteiger partial charge in [0.15, 0.2) is 0 Å². The molecule has 0 radical (unpaired) electrons.